The molecule has 3 aromatic carbocycles. The van der Waals surface area contributed by atoms with Crippen LogP contribution < -0.4 is 14.8 Å². The average molecular weight is 495 g/mol. The van der Waals surface area contributed by atoms with Crippen molar-refractivity contribution in [3.63, 3.8) is 0 Å². The second kappa shape index (κ2) is 11.0. The highest BCUT2D eigenvalue weighted by Crippen LogP contribution is 2.33. The number of carbonyl (C=O) groups is 2. The number of amidine groups is 1. The lowest BCUT2D eigenvalue weighted by atomic mass is 10.1. The van der Waals surface area contributed by atoms with Crippen LogP contribution in [0.25, 0.3) is 6.08 Å². The van der Waals surface area contributed by atoms with Crippen molar-refractivity contribution in [3.05, 3.63) is 100.0 Å². The molecular weight excluding hydrogens is 474 g/mol. The van der Waals surface area contributed by atoms with Crippen molar-refractivity contribution in [1.29, 1.82) is 0 Å². The van der Waals surface area contributed by atoms with E-state index in [4.69, 9.17) is 9.47 Å². The van der Waals surface area contributed by atoms with E-state index in [-0.39, 0.29) is 35.0 Å². The van der Waals surface area contributed by atoms with Gasteiger partial charge in [-0.3, -0.25) is 9.59 Å². The van der Waals surface area contributed by atoms with Gasteiger partial charge in [-0.25, -0.2) is 8.78 Å². The molecule has 0 saturated heterocycles. The number of benzene rings is 3. The molecular formula is C26H20F2N2O4S. The van der Waals surface area contributed by atoms with Gasteiger partial charge < -0.3 is 14.8 Å². The maximum Gasteiger partial charge on any atom is 0.286 e. The summed E-state index contributed by atoms with van der Waals surface area (Å²) < 4.78 is 39.7. The Bertz CT molecular complexity index is 1340. The average Bonchev–Trinajstić information content (AvgIpc) is 3.16. The van der Waals surface area contributed by atoms with E-state index in [1.807, 2.05) is 0 Å². The molecule has 0 atom stereocenters. The van der Waals surface area contributed by atoms with E-state index in [1.54, 1.807) is 60.7 Å². The molecule has 0 bridgehead atoms. The van der Waals surface area contributed by atoms with E-state index in [9.17, 15) is 18.4 Å². The number of thioether (sulfide) groups is 1. The highest BCUT2D eigenvalue weighted by Gasteiger charge is 2.23. The van der Waals surface area contributed by atoms with Crippen molar-refractivity contribution in [2.24, 2.45) is 4.99 Å². The molecule has 6 nitrogen and oxygen atoms in total. The van der Waals surface area contributed by atoms with E-state index in [0.717, 1.165) is 11.8 Å². The lowest BCUT2D eigenvalue weighted by Crippen LogP contribution is -2.23. The van der Waals surface area contributed by atoms with E-state index in [2.05, 4.69) is 10.3 Å². The van der Waals surface area contributed by atoms with Crippen LogP contribution in [0, 0.1) is 11.6 Å². The zero-order chi connectivity index (χ0) is 24.8. The fourth-order valence-electron chi connectivity index (χ4n) is 3.15. The van der Waals surface area contributed by atoms with Crippen molar-refractivity contribution in [2.45, 2.75) is 20.1 Å². The van der Waals surface area contributed by atoms with Gasteiger partial charge in [0.05, 0.1) is 4.91 Å². The number of amides is 2. The fraction of sp³-hybridized carbons (Fsp3) is 0.115. The molecule has 178 valence electrons. The normalized spacial score (nSPS) is 14.1. The maximum atomic E-state index is 14.1. The smallest absolute Gasteiger partial charge is 0.286 e. The molecule has 3 aromatic rings. The summed E-state index contributed by atoms with van der Waals surface area (Å²) >= 11 is 1.02. The summed E-state index contributed by atoms with van der Waals surface area (Å²) in [5.41, 5.74) is 1.27. The van der Waals surface area contributed by atoms with Gasteiger partial charge >= 0.3 is 0 Å². The molecule has 0 fully saturated rings. The number of halogens is 2. The predicted octanol–water partition coefficient (Wildman–Crippen LogP) is 5.23. The molecule has 0 aromatic heterocycles. The summed E-state index contributed by atoms with van der Waals surface area (Å²) in [5, 5.41) is 2.68. The monoisotopic (exact) mass is 494 g/mol. The first-order valence-electron chi connectivity index (χ1n) is 10.6. The van der Waals surface area contributed by atoms with E-state index < -0.39 is 11.7 Å². The van der Waals surface area contributed by atoms with Gasteiger partial charge in [-0.05, 0) is 42.1 Å². The zero-order valence-corrected chi connectivity index (χ0v) is 19.4. The molecule has 9 heteroatoms. The number of carbonyl (C=O) groups excluding carboxylic acids is 2. The number of rotatable bonds is 7. The molecule has 1 aliphatic heterocycles. The molecule has 0 radical (unpaired) electrons. The summed E-state index contributed by atoms with van der Waals surface area (Å²) in [6.07, 6.45) is 1.57. The zero-order valence-electron chi connectivity index (χ0n) is 18.6. The van der Waals surface area contributed by atoms with Crippen LogP contribution in [0.3, 0.4) is 0 Å². The van der Waals surface area contributed by atoms with E-state index >= 15 is 0 Å². The van der Waals surface area contributed by atoms with Crippen LogP contribution in [0.2, 0.25) is 0 Å². The lowest BCUT2D eigenvalue weighted by molar-refractivity contribution is -0.117. The number of nitrogens with zero attached hydrogens (tertiary/aromatic N) is 1. The van der Waals surface area contributed by atoms with Crippen LogP contribution in [0.5, 0.6) is 11.5 Å². The Morgan fingerprint density at radius 3 is 2.23 bits per heavy atom. The predicted molar refractivity (Wildman–Crippen MR) is 130 cm³/mol. The third-order valence-electron chi connectivity index (χ3n) is 4.87. The van der Waals surface area contributed by atoms with Gasteiger partial charge in [-0.1, -0.05) is 36.4 Å². The topological polar surface area (TPSA) is 77.0 Å². The Balaban J connectivity index is 1.58. The molecule has 2 amide bonds. The number of hydrogen-bond donors (Lipinski definition) is 1. The minimum Gasteiger partial charge on any atom is -0.489 e. The summed E-state index contributed by atoms with van der Waals surface area (Å²) in [7, 11) is 0. The summed E-state index contributed by atoms with van der Waals surface area (Å²) in [6, 6.07) is 17.4. The van der Waals surface area contributed by atoms with Gasteiger partial charge in [-0.15, -0.1) is 0 Å². The van der Waals surface area contributed by atoms with Crippen molar-refractivity contribution in [2.75, 3.05) is 0 Å². The summed E-state index contributed by atoms with van der Waals surface area (Å²) in [6.45, 7) is 1.26. The van der Waals surface area contributed by atoms with Gasteiger partial charge in [0.25, 0.3) is 5.91 Å². The Kier molecular flexibility index (Phi) is 7.57. The van der Waals surface area contributed by atoms with Gasteiger partial charge in [0.15, 0.2) is 5.17 Å². The molecule has 35 heavy (non-hydrogen) atoms. The molecule has 4 rings (SSSR count). The molecule has 0 saturated carbocycles. The quantitative estimate of drug-likeness (QED) is 0.455. The second-order valence-corrected chi connectivity index (χ2v) is 8.50. The lowest BCUT2D eigenvalue weighted by Gasteiger charge is -2.13. The second-order valence-electron chi connectivity index (χ2n) is 7.47. The van der Waals surface area contributed by atoms with Crippen molar-refractivity contribution in [3.8, 4) is 11.5 Å². The standard InChI is InChI=1S/C26H20F2N2O4S/c1-16(31)29-26-30-25(32)24(35-26)12-17-10-11-20(33-14-18-6-2-4-8-21(18)27)13-23(17)34-15-19-7-3-5-9-22(19)28/h2-13H,14-15H2,1H3,(H,29,30,31,32). The number of nitrogens with one attached hydrogen (secondary N) is 1. The molecule has 0 unspecified atom stereocenters. The molecule has 0 spiro atoms. The molecule has 1 N–H and O–H groups in total. The Hall–Kier alpha value is -3.98. The van der Waals surface area contributed by atoms with Crippen molar-refractivity contribution < 1.29 is 27.8 Å². The number of ether oxygens (including phenoxy) is 2. The van der Waals surface area contributed by atoms with Crippen LogP contribution in [0.4, 0.5) is 8.78 Å². The fourth-order valence-corrected chi connectivity index (χ4v) is 4.00. The SMILES string of the molecule is CC(=O)NC1=NC(=O)C(=Cc2ccc(OCc3ccccc3F)cc2OCc2ccccc2F)S1. The minimum atomic E-state index is -0.501. The van der Waals surface area contributed by atoms with Gasteiger partial charge in [-0.2, -0.15) is 4.99 Å². The Morgan fingerprint density at radius 1 is 0.971 bits per heavy atom. The highest BCUT2D eigenvalue weighted by atomic mass is 32.2. The molecule has 0 aliphatic carbocycles. The van der Waals surface area contributed by atoms with E-state index in [1.165, 1.54) is 19.1 Å². The first kappa shape index (κ1) is 24.2. The van der Waals surface area contributed by atoms with Gasteiger partial charge in [0.2, 0.25) is 5.91 Å². The number of aliphatic imine (C=N–C) groups is 1. The number of hydrogen-bond acceptors (Lipinski definition) is 5. The first-order chi connectivity index (χ1) is 16.9. The highest BCUT2D eigenvalue weighted by molar-refractivity contribution is 8.18. The van der Waals surface area contributed by atoms with Gasteiger partial charge in [0.1, 0.15) is 36.3 Å². The molecule has 1 heterocycles. The first-order valence-corrected chi connectivity index (χ1v) is 11.4. The van der Waals surface area contributed by atoms with Crippen LogP contribution in [-0.2, 0) is 22.8 Å². The van der Waals surface area contributed by atoms with Crippen LogP contribution >= 0.6 is 11.8 Å². The van der Waals surface area contributed by atoms with Crippen molar-refractivity contribution >= 4 is 34.8 Å². The molecule has 1 aliphatic rings. The van der Waals surface area contributed by atoms with Crippen molar-refractivity contribution in [1.82, 2.24) is 5.32 Å². The third kappa shape index (κ3) is 6.33. The summed E-state index contributed by atoms with van der Waals surface area (Å²) in [5.74, 6) is -0.896. The largest absolute Gasteiger partial charge is 0.489 e. The minimum absolute atomic E-state index is 0.00210. The summed E-state index contributed by atoms with van der Waals surface area (Å²) in [4.78, 5) is 27.7. The van der Waals surface area contributed by atoms with Crippen LogP contribution in [0.1, 0.15) is 23.6 Å². The van der Waals surface area contributed by atoms with Gasteiger partial charge in [0, 0.05) is 29.7 Å². The Labute approximate surface area is 204 Å². The Morgan fingerprint density at radius 2 is 1.60 bits per heavy atom. The maximum absolute atomic E-state index is 14.1. The van der Waals surface area contributed by atoms with E-state index in [0.29, 0.717) is 28.2 Å². The third-order valence-corrected chi connectivity index (χ3v) is 5.77. The van der Waals surface area contributed by atoms with Crippen LogP contribution in [-0.4, -0.2) is 17.0 Å². The van der Waals surface area contributed by atoms with Crippen LogP contribution in [0.15, 0.2) is 76.6 Å².